The van der Waals surface area contributed by atoms with Crippen molar-refractivity contribution in [2.75, 3.05) is 5.32 Å². The molecule has 2 unspecified atom stereocenters. The summed E-state index contributed by atoms with van der Waals surface area (Å²) in [4.78, 5) is 12.6. The molecule has 19 heavy (non-hydrogen) atoms. The van der Waals surface area contributed by atoms with Crippen LogP contribution in [0.3, 0.4) is 0 Å². The molecule has 1 amide bonds. The number of anilines is 1. The minimum Gasteiger partial charge on any atom is -0.393 e. The molecule has 0 aromatic heterocycles. The maximum atomic E-state index is 12.1. The van der Waals surface area contributed by atoms with E-state index in [0.29, 0.717) is 23.2 Å². The number of carbonyl (C=O) groups is 1. The maximum Gasteiger partial charge on any atom is 0.228 e. The summed E-state index contributed by atoms with van der Waals surface area (Å²) in [5.74, 6) is 1.78. The van der Waals surface area contributed by atoms with E-state index in [2.05, 4.69) is 5.32 Å². The number of carbonyl (C=O) groups excluding carboxylic acids is 1. The molecule has 3 rings (SSSR count). The molecule has 3 nitrogen and oxygen atoms in total. The van der Waals surface area contributed by atoms with Crippen LogP contribution in [0.15, 0.2) is 24.3 Å². The number of nitrogens with two attached hydrogens (primary N) is 1. The molecule has 100 valence electrons. The first-order valence-electron chi connectivity index (χ1n) is 6.83. The second-order valence-electron chi connectivity index (χ2n) is 5.61. The maximum absolute atomic E-state index is 12.1. The van der Waals surface area contributed by atoms with Gasteiger partial charge in [-0.1, -0.05) is 30.8 Å². The molecule has 0 saturated heterocycles. The molecule has 2 aliphatic rings. The predicted molar refractivity (Wildman–Crippen MR) is 79.9 cm³/mol. The van der Waals surface area contributed by atoms with E-state index in [9.17, 15) is 4.79 Å². The lowest BCUT2D eigenvalue weighted by Gasteiger charge is -2.07. The van der Waals surface area contributed by atoms with Gasteiger partial charge in [0, 0.05) is 18.0 Å². The Morgan fingerprint density at radius 1 is 1.26 bits per heavy atom. The van der Waals surface area contributed by atoms with Crippen LogP contribution in [-0.4, -0.2) is 10.9 Å². The molecule has 1 aromatic rings. The molecule has 4 heteroatoms. The van der Waals surface area contributed by atoms with Crippen LogP contribution in [0.1, 0.15) is 24.8 Å². The van der Waals surface area contributed by atoms with Gasteiger partial charge in [-0.3, -0.25) is 4.79 Å². The summed E-state index contributed by atoms with van der Waals surface area (Å²) < 4.78 is 0. The van der Waals surface area contributed by atoms with Crippen LogP contribution in [0.4, 0.5) is 5.69 Å². The minimum absolute atomic E-state index is 0.191. The fraction of sp³-hybridized carbons (Fsp3) is 0.467. The van der Waals surface area contributed by atoms with E-state index in [-0.39, 0.29) is 11.8 Å². The molecule has 2 fully saturated rings. The lowest BCUT2D eigenvalue weighted by atomic mass is 10.1. The topological polar surface area (TPSA) is 55.1 Å². The van der Waals surface area contributed by atoms with Crippen LogP contribution in [0.25, 0.3) is 0 Å². The average Bonchev–Trinajstić information content (AvgIpc) is 2.85. The van der Waals surface area contributed by atoms with E-state index in [1.807, 2.05) is 24.3 Å². The molecule has 2 aliphatic carbocycles. The van der Waals surface area contributed by atoms with Crippen molar-refractivity contribution in [2.45, 2.75) is 25.7 Å². The smallest absolute Gasteiger partial charge is 0.228 e. The largest absolute Gasteiger partial charge is 0.393 e. The zero-order valence-electron chi connectivity index (χ0n) is 10.8. The highest BCUT2D eigenvalue weighted by Crippen LogP contribution is 2.57. The number of fused-ring (bicyclic) bond motifs is 1. The Balaban J connectivity index is 1.58. The average molecular weight is 274 g/mol. The van der Waals surface area contributed by atoms with E-state index in [1.54, 1.807) is 0 Å². The van der Waals surface area contributed by atoms with Gasteiger partial charge in [-0.25, -0.2) is 0 Å². The van der Waals surface area contributed by atoms with Crippen molar-refractivity contribution in [1.82, 2.24) is 0 Å². The quantitative estimate of drug-likeness (QED) is 0.829. The van der Waals surface area contributed by atoms with Crippen molar-refractivity contribution >= 4 is 28.8 Å². The standard InChI is InChI=1S/C15H18N2OS/c16-13(19)8-9-4-6-10(7-5-9)17-15(18)14-11-2-1-3-12(11)14/h4-7,11-12,14H,1-3,8H2,(H2,16,19)(H,17,18). The number of hydrogen-bond acceptors (Lipinski definition) is 2. The van der Waals surface area contributed by atoms with Gasteiger partial charge in [-0.2, -0.15) is 0 Å². The highest BCUT2D eigenvalue weighted by atomic mass is 32.1. The lowest BCUT2D eigenvalue weighted by Crippen LogP contribution is -2.16. The normalized spacial score (nSPS) is 27.7. The van der Waals surface area contributed by atoms with E-state index in [4.69, 9.17) is 18.0 Å². The molecular formula is C15H18N2OS. The first kappa shape index (κ1) is 12.6. The van der Waals surface area contributed by atoms with Gasteiger partial charge in [-0.15, -0.1) is 0 Å². The van der Waals surface area contributed by atoms with Gasteiger partial charge in [0.05, 0.1) is 4.99 Å². The zero-order chi connectivity index (χ0) is 13.4. The van der Waals surface area contributed by atoms with E-state index < -0.39 is 0 Å². The van der Waals surface area contributed by atoms with E-state index in [0.717, 1.165) is 11.3 Å². The molecular weight excluding hydrogens is 256 g/mol. The number of benzene rings is 1. The van der Waals surface area contributed by atoms with Crippen LogP contribution < -0.4 is 11.1 Å². The second-order valence-corrected chi connectivity index (χ2v) is 6.14. The molecule has 3 N–H and O–H groups in total. The third kappa shape index (κ3) is 2.63. The lowest BCUT2D eigenvalue weighted by molar-refractivity contribution is -0.118. The third-order valence-electron chi connectivity index (χ3n) is 4.31. The Morgan fingerprint density at radius 2 is 1.89 bits per heavy atom. The Labute approximate surface area is 118 Å². The SMILES string of the molecule is NC(=S)Cc1ccc(NC(=O)C2C3CCCC32)cc1. The number of thiocarbonyl (C=S) groups is 1. The second kappa shape index (κ2) is 4.93. The number of nitrogens with one attached hydrogen (secondary N) is 1. The molecule has 2 atom stereocenters. The van der Waals surface area contributed by atoms with Gasteiger partial charge in [0.25, 0.3) is 0 Å². The van der Waals surface area contributed by atoms with Crippen molar-refractivity contribution in [2.24, 2.45) is 23.5 Å². The summed E-state index contributed by atoms with van der Waals surface area (Å²) >= 11 is 4.88. The highest BCUT2D eigenvalue weighted by molar-refractivity contribution is 7.80. The first-order chi connectivity index (χ1) is 9.15. The van der Waals surface area contributed by atoms with Crippen LogP contribution >= 0.6 is 12.2 Å². The predicted octanol–water partition coefficient (Wildman–Crippen LogP) is 2.50. The van der Waals surface area contributed by atoms with Crippen LogP contribution in [0.5, 0.6) is 0 Å². The molecule has 0 spiro atoms. The Morgan fingerprint density at radius 3 is 2.47 bits per heavy atom. The summed E-state index contributed by atoms with van der Waals surface area (Å²) in [5, 5.41) is 3.01. The fourth-order valence-electron chi connectivity index (χ4n) is 3.34. The zero-order valence-corrected chi connectivity index (χ0v) is 11.6. The summed E-state index contributed by atoms with van der Waals surface area (Å²) in [6, 6.07) is 7.76. The van der Waals surface area contributed by atoms with Crippen molar-refractivity contribution < 1.29 is 4.79 Å². The molecule has 0 heterocycles. The molecule has 0 bridgehead atoms. The van der Waals surface area contributed by atoms with Gasteiger partial charge in [0.2, 0.25) is 5.91 Å². The summed E-state index contributed by atoms with van der Waals surface area (Å²) in [6.45, 7) is 0. The minimum atomic E-state index is 0.191. The monoisotopic (exact) mass is 274 g/mol. The molecule has 0 aliphatic heterocycles. The van der Waals surface area contributed by atoms with E-state index >= 15 is 0 Å². The Hall–Kier alpha value is -1.42. The van der Waals surface area contributed by atoms with Gasteiger partial charge >= 0.3 is 0 Å². The molecule has 1 aromatic carbocycles. The van der Waals surface area contributed by atoms with Crippen molar-refractivity contribution in [3.05, 3.63) is 29.8 Å². The van der Waals surface area contributed by atoms with Crippen molar-refractivity contribution in [3.8, 4) is 0 Å². The third-order valence-corrected chi connectivity index (χ3v) is 4.45. The van der Waals surface area contributed by atoms with Crippen LogP contribution in [0, 0.1) is 17.8 Å². The van der Waals surface area contributed by atoms with Crippen molar-refractivity contribution in [1.29, 1.82) is 0 Å². The van der Waals surface area contributed by atoms with Gasteiger partial charge < -0.3 is 11.1 Å². The summed E-state index contributed by atoms with van der Waals surface area (Å²) in [5.41, 5.74) is 7.45. The van der Waals surface area contributed by atoms with Gasteiger partial charge in [0.1, 0.15) is 0 Å². The van der Waals surface area contributed by atoms with Crippen LogP contribution in [-0.2, 0) is 11.2 Å². The number of hydrogen-bond donors (Lipinski definition) is 2. The number of amides is 1. The van der Waals surface area contributed by atoms with Crippen LogP contribution in [0.2, 0.25) is 0 Å². The summed E-state index contributed by atoms with van der Waals surface area (Å²) in [6.07, 6.45) is 4.37. The summed E-state index contributed by atoms with van der Waals surface area (Å²) in [7, 11) is 0. The van der Waals surface area contributed by atoms with Gasteiger partial charge in [-0.05, 0) is 42.4 Å². The first-order valence-corrected chi connectivity index (χ1v) is 7.24. The Bertz CT molecular complexity index is 501. The molecule has 0 radical (unpaired) electrons. The molecule has 2 saturated carbocycles. The highest BCUT2D eigenvalue weighted by Gasteiger charge is 2.56. The Kier molecular flexibility index (Phi) is 3.27. The number of rotatable bonds is 4. The van der Waals surface area contributed by atoms with E-state index in [1.165, 1.54) is 19.3 Å². The fourth-order valence-corrected chi connectivity index (χ4v) is 3.51. The van der Waals surface area contributed by atoms with Crippen molar-refractivity contribution in [3.63, 3.8) is 0 Å². The van der Waals surface area contributed by atoms with Gasteiger partial charge in [0.15, 0.2) is 0 Å².